The predicted octanol–water partition coefficient (Wildman–Crippen LogP) is 2.70. The van der Waals surface area contributed by atoms with Gasteiger partial charge in [-0.05, 0) is 43.7 Å². The molecule has 6 heteroatoms. The molecule has 2 aromatic heterocycles. The summed E-state index contributed by atoms with van der Waals surface area (Å²) in [6.07, 6.45) is 2.93. The Morgan fingerprint density at radius 2 is 2.19 bits per heavy atom. The quantitative estimate of drug-likeness (QED) is 0.727. The summed E-state index contributed by atoms with van der Waals surface area (Å²) in [4.78, 5) is 7.01. The van der Waals surface area contributed by atoms with E-state index in [1.54, 1.807) is 7.11 Å². The second kappa shape index (κ2) is 7.66. The molecule has 0 radical (unpaired) electrons. The van der Waals surface area contributed by atoms with Crippen molar-refractivity contribution >= 4 is 11.0 Å². The van der Waals surface area contributed by atoms with Crippen LogP contribution in [0.25, 0.3) is 11.0 Å². The second-order valence-corrected chi connectivity index (χ2v) is 7.31. The number of likely N-dealkylation sites (tertiary alicyclic amines) is 1. The standard InChI is InChI=1S/C21H27N5O/c1-15-5-6-16(19(12-15)27-2)13-25-10-7-17(14-25)20-18-4-3-9-23-21(18)26(24-20)11-8-22/h3-6,9,12,17H,7-8,10-11,13-14,22H2,1-2H3. The third kappa shape index (κ3) is 3.55. The van der Waals surface area contributed by atoms with Crippen LogP contribution in [0.5, 0.6) is 5.75 Å². The highest BCUT2D eigenvalue weighted by Gasteiger charge is 2.28. The van der Waals surface area contributed by atoms with E-state index in [1.807, 2.05) is 16.9 Å². The van der Waals surface area contributed by atoms with Crippen LogP contribution in [0.3, 0.4) is 0 Å². The van der Waals surface area contributed by atoms with Crippen molar-refractivity contribution in [1.29, 1.82) is 0 Å². The lowest BCUT2D eigenvalue weighted by atomic mass is 10.0. The Bertz CT molecular complexity index is 935. The average Bonchev–Trinajstić information content (AvgIpc) is 3.28. The smallest absolute Gasteiger partial charge is 0.158 e. The number of hydrogen-bond acceptors (Lipinski definition) is 5. The summed E-state index contributed by atoms with van der Waals surface area (Å²) in [7, 11) is 1.74. The summed E-state index contributed by atoms with van der Waals surface area (Å²) in [5.41, 5.74) is 10.3. The largest absolute Gasteiger partial charge is 0.496 e. The highest BCUT2D eigenvalue weighted by atomic mass is 16.5. The maximum Gasteiger partial charge on any atom is 0.158 e. The lowest BCUT2D eigenvalue weighted by Crippen LogP contribution is -2.20. The molecular formula is C21H27N5O. The van der Waals surface area contributed by atoms with Crippen molar-refractivity contribution in [3.05, 3.63) is 53.3 Å². The summed E-state index contributed by atoms with van der Waals surface area (Å²) >= 11 is 0. The first-order chi connectivity index (χ1) is 13.2. The van der Waals surface area contributed by atoms with Gasteiger partial charge < -0.3 is 10.5 Å². The Morgan fingerprint density at radius 3 is 3.00 bits per heavy atom. The Balaban J connectivity index is 1.54. The molecule has 0 amide bonds. The minimum atomic E-state index is 0.423. The van der Waals surface area contributed by atoms with Crippen LogP contribution in [0.4, 0.5) is 0 Å². The van der Waals surface area contributed by atoms with Gasteiger partial charge in [-0.15, -0.1) is 0 Å². The zero-order valence-electron chi connectivity index (χ0n) is 16.1. The lowest BCUT2D eigenvalue weighted by Gasteiger charge is -2.18. The number of nitrogens with zero attached hydrogens (tertiary/aromatic N) is 4. The van der Waals surface area contributed by atoms with E-state index in [4.69, 9.17) is 15.6 Å². The van der Waals surface area contributed by atoms with Crippen LogP contribution >= 0.6 is 0 Å². The number of rotatable bonds is 6. The van der Waals surface area contributed by atoms with Crippen LogP contribution in [-0.4, -0.2) is 46.4 Å². The number of benzene rings is 1. The maximum atomic E-state index is 5.75. The molecule has 0 aliphatic carbocycles. The number of aromatic nitrogens is 3. The van der Waals surface area contributed by atoms with Gasteiger partial charge in [-0.3, -0.25) is 4.90 Å². The molecule has 142 valence electrons. The molecule has 3 heterocycles. The number of nitrogens with two attached hydrogens (primary N) is 1. The molecule has 3 aromatic rings. The third-order valence-electron chi connectivity index (χ3n) is 5.37. The van der Waals surface area contributed by atoms with Crippen molar-refractivity contribution in [2.45, 2.75) is 32.4 Å². The summed E-state index contributed by atoms with van der Waals surface area (Å²) in [5.74, 6) is 1.40. The fourth-order valence-electron chi connectivity index (χ4n) is 4.04. The first-order valence-corrected chi connectivity index (χ1v) is 9.57. The van der Waals surface area contributed by atoms with Gasteiger partial charge in [-0.2, -0.15) is 5.10 Å². The number of methoxy groups -OCH3 is 1. The Kier molecular flexibility index (Phi) is 5.09. The molecule has 4 rings (SSSR count). The van der Waals surface area contributed by atoms with Crippen LogP contribution in [0.1, 0.15) is 29.2 Å². The van der Waals surface area contributed by atoms with Crippen molar-refractivity contribution in [3.8, 4) is 5.75 Å². The van der Waals surface area contributed by atoms with E-state index < -0.39 is 0 Å². The van der Waals surface area contributed by atoms with Crippen LogP contribution < -0.4 is 10.5 Å². The predicted molar refractivity (Wildman–Crippen MR) is 107 cm³/mol. The Labute approximate surface area is 159 Å². The van der Waals surface area contributed by atoms with Gasteiger partial charge in [0.1, 0.15) is 5.75 Å². The molecule has 2 N–H and O–H groups in total. The van der Waals surface area contributed by atoms with E-state index in [9.17, 15) is 0 Å². The summed E-state index contributed by atoms with van der Waals surface area (Å²) in [6, 6.07) is 10.6. The molecule has 1 fully saturated rings. The first kappa shape index (κ1) is 17.9. The normalized spacial score (nSPS) is 17.7. The number of aryl methyl sites for hydroxylation is 1. The van der Waals surface area contributed by atoms with Gasteiger partial charge in [-0.25, -0.2) is 9.67 Å². The molecule has 1 unspecified atom stereocenters. The average molecular weight is 365 g/mol. The SMILES string of the molecule is COc1cc(C)ccc1CN1CCC(c2nn(CCN)c3ncccc23)C1. The van der Waals surface area contributed by atoms with Gasteiger partial charge in [0.05, 0.1) is 19.3 Å². The minimum Gasteiger partial charge on any atom is -0.496 e. The van der Waals surface area contributed by atoms with Crippen molar-refractivity contribution < 1.29 is 4.74 Å². The van der Waals surface area contributed by atoms with Gasteiger partial charge >= 0.3 is 0 Å². The van der Waals surface area contributed by atoms with Gasteiger partial charge in [0.2, 0.25) is 0 Å². The van der Waals surface area contributed by atoms with Gasteiger partial charge in [0.15, 0.2) is 5.65 Å². The highest BCUT2D eigenvalue weighted by molar-refractivity contribution is 5.78. The van der Waals surface area contributed by atoms with E-state index in [0.717, 1.165) is 48.5 Å². The topological polar surface area (TPSA) is 69.2 Å². The molecule has 0 bridgehead atoms. The summed E-state index contributed by atoms with van der Waals surface area (Å²) < 4.78 is 7.53. The van der Waals surface area contributed by atoms with E-state index in [-0.39, 0.29) is 0 Å². The molecule has 6 nitrogen and oxygen atoms in total. The zero-order chi connectivity index (χ0) is 18.8. The van der Waals surface area contributed by atoms with Crippen molar-refractivity contribution in [3.63, 3.8) is 0 Å². The number of pyridine rings is 1. The monoisotopic (exact) mass is 365 g/mol. The number of ether oxygens (including phenoxy) is 1. The van der Waals surface area contributed by atoms with Crippen LogP contribution in [-0.2, 0) is 13.1 Å². The second-order valence-electron chi connectivity index (χ2n) is 7.31. The van der Waals surface area contributed by atoms with Crippen molar-refractivity contribution in [1.82, 2.24) is 19.7 Å². The Hall–Kier alpha value is -2.44. The van der Waals surface area contributed by atoms with Crippen LogP contribution in [0, 0.1) is 6.92 Å². The molecular weight excluding hydrogens is 338 g/mol. The van der Waals surface area contributed by atoms with E-state index in [1.165, 1.54) is 11.1 Å². The maximum absolute atomic E-state index is 5.75. The third-order valence-corrected chi connectivity index (χ3v) is 5.37. The summed E-state index contributed by atoms with van der Waals surface area (Å²) in [6.45, 7) is 6.32. The Morgan fingerprint density at radius 1 is 1.30 bits per heavy atom. The van der Waals surface area contributed by atoms with Crippen molar-refractivity contribution in [2.24, 2.45) is 5.73 Å². The molecule has 27 heavy (non-hydrogen) atoms. The van der Waals surface area contributed by atoms with E-state index in [0.29, 0.717) is 19.0 Å². The first-order valence-electron chi connectivity index (χ1n) is 9.57. The van der Waals surface area contributed by atoms with Gasteiger partial charge in [0, 0.05) is 42.7 Å². The highest BCUT2D eigenvalue weighted by Crippen LogP contribution is 2.33. The molecule has 1 saturated heterocycles. The van der Waals surface area contributed by atoms with Crippen LogP contribution in [0.2, 0.25) is 0 Å². The molecule has 0 saturated carbocycles. The lowest BCUT2D eigenvalue weighted by molar-refractivity contribution is 0.316. The summed E-state index contributed by atoms with van der Waals surface area (Å²) in [5, 5.41) is 6.03. The molecule has 1 aromatic carbocycles. The molecule has 1 aliphatic heterocycles. The number of hydrogen-bond donors (Lipinski definition) is 1. The van der Waals surface area contributed by atoms with Crippen molar-refractivity contribution in [2.75, 3.05) is 26.7 Å². The fraction of sp³-hybridized carbons (Fsp3) is 0.429. The fourth-order valence-corrected chi connectivity index (χ4v) is 4.04. The van der Waals surface area contributed by atoms with E-state index >= 15 is 0 Å². The van der Waals surface area contributed by atoms with Gasteiger partial charge in [0.25, 0.3) is 0 Å². The molecule has 0 spiro atoms. The van der Waals surface area contributed by atoms with Gasteiger partial charge in [-0.1, -0.05) is 12.1 Å². The molecule has 1 aliphatic rings. The molecule has 1 atom stereocenters. The van der Waals surface area contributed by atoms with Crippen LogP contribution in [0.15, 0.2) is 36.5 Å². The number of fused-ring (bicyclic) bond motifs is 1. The van der Waals surface area contributed by atoms with E-state index in [2.05, 4.69) is 41.1 Å². The zero-order valence-corrected chi connectivity index (χ0v) is 16.1. The minimum absolute atomic E-state index is 0.423.